The van der Waals surface area contributed by atoms with E-state index in [2.05, 4.69) is 12.2 Å². The molecule has 3 nitrogen and oxygen atoms in total. The van der Waals surface area contributed by atoms with Crippen molar-refractivity contribution in [3.8, 4) is 0 Å². The SMILES string of the molecule is CCOC(=O)NC12CCC(C)(CC1)C2. The molecule has 2 rings (SSSR count). The molecule has 2 aliphatic carbocycles. The summed E-state index contributed by atoms with van der Waals surface area (Å²) in [4.78, 5) is 11.4. The van der Waals surface area contributed by atoms with Gasteiger partial charge < -0.3 is 10.1 Å². The number of nitrogens with one attached hydrogen (secondary N) is 1. The first-order chi connectivity index (χ1) is 6.58. The number of fused-ring (bicyclic) bond motifs is 2. The van der Waals surface area contributed by atoms with Gasteiger partial charge in [0.25, 0.3) is 0 Å². The highest BCUT2D eigenvalue weighted by Gasteiger charge is 2.52. The predicted molar refractivity (Wildman–Crippen MR) is 54.1 cm³/mol. The summed E-state index contributed by atoms with van der Waals surface area (Å²) in [5.74, 6) is 0. The van der Waals surface area contributed by atoms with E-state index in [0.717, 1.165) is 19.3 Å². The fraction of sp³-hybridized carbons (Fsp3) is 0.909. The number of hydrogen-bond acceptors (Lipinski definition) is 2. The van der Waals surface area contributed by atoms with E-state index in [1.54, 1.807) is 0 Å². The van der Waals surface area contributed by atoms with Gasteiger partial charge in [-0.1, -0.05) is 6.92 Å². The Hall–Kier alpha value is -0.730. The van der Waals surface area contributed by atoms with Gasteiger partial charge >= 0.3 is 6.09 Å². The van der Waals surface area contributed by atoms with Crippen LogP contribution < -0.4 is 5.32 Å². The summed E-state index contributed by atoms with van der Waals surface area (Å²) in [6, 6.07) is 0. The molecule has 1 N–H and O–H groups in total. The smallest absolute Gasteiger partial charge is 0.407 e. The second-order valence-electron chi connectivity index (χ2n) is 5.11. The van der Waals surface area contributed by atoms with E-state index in [9.17, 15) is 4.79 Å². The van der Waals surface area contributed by atoms with Crippen LogP contribution in [0, 0.1) is 5.41 Å². The van der Waals surface area contributed by atoms with Crippen LogP contribution in [0.25, 0.3) is 0 Å². The molecule has 0 aromatic rings. The molecular weight excluding hydrogens is 178 g/mol. The molecule has 1 amide bonds. The average Bonchev–Trinajstić information content (AvgIpc) is 2.58. The van der Waals surface area contributed by atoms with E-state index in [4.69, 9.17) is 4.74 Å². The quantitative estimate of drug-likeness (QED) is 0.738. The zero-order valence-electron chi connectivity index (χ0n) is 9.06. The van der Waals surface area contributed by atoms with Gasteiger partial charge in [0, 0.05) is 5.54 Å². The van der Waals surface area contributed by atoms with Crippen LogP contribution in [0.4, 0.5) is 4.79 Å². The molecule has 0 aromatic heterocycles. The number of carbonyl (C=O) groups excluding carboxylic acids is 1. The maximum atomic E-state index is 11.4. The molecule has 14 heavy (non-hydrogen) atoms. The normalized spacial score (nSPS) is 39.9. The highest BCUT2D eigenvalue weighted by molar-refractivity contribution is 5.68. The number of carbonyl (C=O) groups is 1. The molecule has 0 unspecified atom stereocenters. The molecule has 3 heteroatoms. The Labute approximate surface area is 85.2 Å². The van der Waals surface area contributed by atoms with E-state index in [0.29, 0.717) is 12.0 Å². The zero-order valence-corrected chi connectivity index (χ0v) is 9.06. The van der Waals surface area contributed by atoms with Crippen molar-refractivity contribution in [1.29, 1.82) is 0 Å². The lowest BCUT2D eigenvalue weighted by molar-refractivity contribution is 0.138. The van der Waals surface area contributed by atoms with Crippen LogP contribution in [0.3, 0.4) is 0 Å². The van der Waals surface area contributed by atoms with Gasteiger partial charge in [0.15, 0.2) is 0 Å². The van der Waals surface area contributed by atoms with Crippen molar-refractivity contribution in [2.75, 3.05) is 6.61 Å². The van der Waals surface area contributed by atoms with E-state index in [-0.39, 0.29) is 11.6 Å². The largest absolute Gasteiger partial charge is 0.450 e. The number of hydrogen-bond donors (Lipinski definition) is 1. The third kappa shape index (κ3) is 1.60. The lowest BCUT2D eigenvalue weighted by Crippen LogP contribution is -2.45. The van der Waals surface area contributed by atoms with Crippen LogP contribution in [-0.4, -0.2) is 18.2 Å². The summed E-state index contributed by atoms with van der Waals surface area (Å²) in [6.45, 7) is 4.62. The first-order valence-electron chi connectivity index (χ1n) is 5.53. The molecule has 0 aliphatic heterocycles. The first-order valence-corrected chi connectivity index (χ1v) is 5.53. The molecule has 2 aliphatic rings. The van der Waals surface area contributed by atoms with Crippen molar-refractivity contribution in [2.45, 2.75) is 51.5 Å². The fourth-order valence-electron chi connectivity index (χ4n) is 3.06. The van der Waals surface area contributed by atoms with E-state index in [1.165, 1.54) is 12.8 Å². The van der Waals surface area contributed by atoms with Crippen molar-refractivity contribution in [1.82, 2.24) is 5.32 Å². The van der Waals surface area contributed by atoms with Gasteiger partial charge in [0.05, 0.1) is 6.61 Å². The summed E-state index contributed by atoms with van der Waals surface area (Å²) >= 11 is 0. The minimum absolute atomic E-state index is 0.0704. The Kier molecular flexibility index (Phi) is 2.20. The fourth-order valence-corrected chi connectivity index (χ4v) is 3.06. The molecule has 2 saturated carbocycles. The monoisotopic (exact) mass is 197 g/mol. The van der Waals surface area contributed by atoms with Crippen molar-refractivity contribution in [3.05, 3.63) is 0 Å². The molecule has 2 bridgehead atoms. The third-order valence-electron chi connectivity index (χ3n) is 3.82. The summed E-state index contributed by atoms with van der Waals surface area (Å²) in [7, 11) is 0. The molecule has 2 fully saturated rings. The van der Waals surface area contributed by atoms with Crippen LogP contribution in [-0.2, 0) is 4.74 Å². The highest BCUT2D eigenvalue weighted by Crippen LogP contribution is 2.56. The van der Waals surface area contributed by atoms with E-state index < -0.39 is 0 Å². The van der Waals surface area contributed by atoms with Gasteiger partial charge in [-0.2, -0.15) is 0 Å². The highest BCUT2D eigenvalue weighted by atomic mass is 16.5. The molecular formula is C11H19NO2. The number of alkyl carbamates (subject to hydrolysis) is 1. The Balaban J connectivity index is 1.95. The topological polar surface area (TPSA) is 38.3 Å². The van der Waals surface area contributed by atoms with Gasteiger partial charge in [-0.3, -0.25) is 0 Å². The Morgan fingerprint density at radius 2 is 2.00 bits per heavy atom. The maximum Gasteiger partial charge on any atom is 0.407 e. The van der Waals surface area contributed by atoms with Gasteiger partial charge in [0.1, 0.15) is 0 Å². The van der Waals surface area contributed by atoms with Crippen LogP contribution in [0.5, 0.6) is 0 Å². The molecule has 0 radical (unpaired) electrons. The lowest BCUT2D eigenvalue weighted by Gasteiger charge is -2.27. The first kappa shape index (κ1) is 9.81. The van der Waals surface area contributed by atoms with Gasteiger partial charge in [-0.15, -0.1) is 0 Å². The van der Waals surface area contributed by atoms with Crippen molar-refractivity contribution >= 4 is 6.09 Å². The minimum atomic E-state index is -0.237. The van der Waals surface area contributed by atoms with Gasteiger partial charge in [-0.05, 0) is 44.4 Å². The van der Waals surface area contributed by atoms with Crippen molar-refractivity contribution < 1.29 is 9.53 Å². The molecule has 80 valence electrons. The molecule has 0 saturated heterocycles. The third-order valence-corrected chi connectivity index (χ3v) is 3.82. The van der Waals surface area contributed by atoms with Crippen LogP contribution >= 0.6 is 0 Å². The van der Waals surface area contributed by atoms with Gasteiger partial charge in [-0.25, -0.2) is 4.79 Å². The van der Waals surface area contributed by atoms with Crippen molar-refractivity contribution in [2.24, 2.45) is 5.41 Å². The maximum absolute atomic E-state index is 11.4. The van der Waals surface area contributed by atoms with Crippen LogP contribution in [0.15, 0.2) is 0 Å². The number of amides is 1. The summed E-state index contributed by atoms with van der Waals surface area (Å²) < 4.78 is 4.93. The summed E-state index contributed by atoms with van der Waals surface area (Å²) in [5, 5.41) is 3.05. The standard InChI is InChI=1S/C11H19NO2/c1-3-14-9(13)12-11-6-4-10(2,8-11)5-7-11/h3-8H2,1-2H3,(H,12,13). The summed E-state index contributed by atoms with van der Waals surface area (Å²) in [6.07, 6.45) is 5.65. The lowest BCUT2D eigenvalue weighted by atomic mass is 9.86. The van der Waals surface area contributed by atoms with Crippen LogP contribution in [0.2, 0.25) is 0 Å². The van der Waals surface area contributed by atoms with E-state index >= 15 is 0 Å². The van der Waals surface area contributed by atoms with E-state index in [1.807, 2.05) is 6.92 Å². The molecule has 0 heterocycles. The second kappa shape index (κ2) is 3.14. The van der Waals surface area contributed by atoms with Crippen LogP contribution in [0.1, 0.15) is 46.0 Å². The zero-order chi connectivity index (χ0) is 10.2. The number of ether oxygens (including phenoxy) is 1. The minimum Gasteiger partial charge on any atom is -0.450 e. The molecule has 0 atom stereocenters. The predicted octanol–water partition coefficient (Wildman–Crippen LogP) is 2.46. The number of rotatable bonds is 2. The van der Waals surface area contributed by atoms with Gasteiger partial charge in [0.2, 0.25) is 0 Å². The molecule has 0 aromatic carbocycles. The molecule has 0 spiro atoms. The summed E-state index contributed by atoms with van der Waals surface area (Å²) in [5.41, 5.74) is 0.556. The Bertz CT molecular complexity index is 242. The second-order valence-corrected chi connectivity index (χ2v) is 5.11. The average molecular weight is 197 g/mol. The Morgan fingerprint density at radius 3 is 2.43 bits per heavy atom. The Morgan fingerprint density at radius 1 is 1.36 bits per heavy atom. The van der Waals surface area contributed by atoms with Crippen molar-refractivity contribution in [3.63, 3.8) is 0 Å².